The molecule has 3 aromatic rings. The van der Waals surface area contributed by atoms with Crippen LogP contribution in [0.25, 0.3) is 0 Å². The zero-order chi connectivity index (χ0) is 33.6. The number of anilines is 1. The minimum atomic E-state index is -4.95. The lowest BCUT2D eigenvalue weighted by molar-refractivity contribution is -0.274. The number of ketones is 1. The molecule has 11 nitrogen and oxygen atoms in total. The Kier molecular flexibility index (Phi) is 11.1. The molecular weight excluding hydrogens is 649 g/mol. The first-order valence-electron chi connectivity index (χ1n) is 14.4. The Balaban J connectivity index is 1.60. The summed E-state index contributed by atoms with van der Waals surface area (Å²) in [7, 11) is -4.37. The van der Waals surface area contributed by atoms with Gasteiger partial charge in [0.1, 0.15) is 16.7 Å². The summed E-state index contributed by atoms with van der Waals surface area (Å²) in [5.41, 5.74) is 2.22. The average molecular weight is 683 g/mol. The number of carbonyl (C=O) groups is 3. The molecule has 248 valence electrons. The second-order valence-electron chi connectivity index (χ2n) is 10.3. The number of nitrogens with zero attached hydrogens (tertiary/aromatic N) is 3. The van der Waals surface area contributed by atoms with Crippen molar-refractivity contribution >= 4 is 44.2 Å². The monoisotopic (exact) mass is 682 g/mol. The Morgan fingerprint density at radius 1 is 1.02 bits per heavy atom. The number of hydrogen-bond acceptors (Lipinski definition) is 10. The number of aryl methyl sites for hydroxylation is 2. The third-order valence-electron chi connectivity index (χ3n) is 7.05. The number of alkyl halides is 3. The van der Waals surface area contributed by atoms with E-state index in [-0.39, 0.29) is 48.3 Å². The molecule has 0 unspecified atom stereocenters. The summed E-state index contributed by atoms with van der Waals surface area (Å²) in [5, 5.41) is 3.10. The van der Waals surface area contributed by atoms with E-state index < -0.39 is 45.8 Å². The van der Waals surface area contributed by atoms with Crippen molar-refractivity contribution in [2.75, 3.05) is 31.1 Å². The number of esters is 1. The Hall–Kier alpha value is -4.02. The highest BCUT2D eigenvalue weighted by Crippen LogP contribution is 2.31. The fourth-order valence-corrected chi connectivity index (χ4v) is 7.43. The lowest BCUT2D eigenvalue weighted by Crippen LogP contribution is -2.60. The summed E-state index contributed by atoms with van der Waals surface area (Å²) in [4.78, 5) is 44.1. The molecule has 1 atom stereocenters. The van der Waals surface area contributed by atoms with Gasteiger partial charge in [0.25, 0.3) is 5.78 Å². The smallest absolute Gasteiger partial charge is 0.460 e. The van der Waals surface area contributed by atoms with Crippen molar-refractivity contribution in [1.29, 1.82) is 0 Å². The standard InChI is InChI=1S/C30H33F3N4O7S2/c1-4-6-20-7-9-21(10-8-20)17-34-27(39)24-18-36(29-35-19(3)26(45-29)25(38)28(40)43-5-2)15-16-37(24)46(41,42)23-13-11-22(12-14-23)44-30(31,32)33/h7-14,24H,4-6,15-18H2,1-3H3,(H,34,39)/t24-/m1/s1. The van der Waals surface area contributed by atoms with Gasteiger partial charge in [-0.25, -0.2) is 18.2 Å². The van der Waals surface area contributed by atoms with E-state index >= 15 is 0 Å². The number of sulfonamides is 1. The first-order chi connectivity index (χ1) is 21.7. The summed E-state index contributed by atoms with van der Waals surface area (Å²) in [6.07, 6.45) is -3.07. The maximum Gasteiger partial charge on any atom is 0.573 e. The number of piperazine rings is 1. The van der Waals surface area contributed by atoms with Crippen LogP contribution in [0.15, 0.2) is 53.4 Å². The zero-order valence-corrected chi connectivity index (χ0v) is 26.9. The summed E-state index contributed by atoms with van der Waals surface area (Å²) >= 11 is 0.928. The number of Topliss-reactive ketones (excluding diaryl/α,β-unsaturated/α-hetero) is 1. The predicted octanol–water partition coefficient (Wildman–Crippen LogP) is 4.24. The summed E-state index contributed by atoms with van der Waals surface area (Å²) in [6, 6.07) is 10.1. The van der Waals surface area contributed by atoms with Crippen molar-refractivity contribution < 1.29 is 45.4 Å². The molecule has 1 N–H and O–H groups in total. The molecule has 46 heavy (non-hydrogen) atoms. The summed E-state index contributed by atoms with van der Waals surface area (Å²) in [5.74, 6) is -3.09. The fourth-order valence-electron chi connectivity index (χ4n) is 4.83. The summed E-state index contributed by atoms with van der Waals surface area (Å²) in [6.45, 7) is 5.05. The van der Waals surface area contributed by atoms with Crippen molar-refractivity contribution in [2.24, 2.45) is 0 Å². The van der Waals surface area contributed by atoms with Crippen LogP contribution in [0.2, 0.25) is 0 Å². The highest BCUT2D eigenvalue weighted by atomic mass is 32.2. The van der Waals surface area contributed by atoms with Crippen LogP contribution in [0.5, 0.6) is 5.75 Å². The molecule has 1 saturated heterocycles. The molecule has 0 bridgehead atoms. The van der Waals surface area contributed by atoms with E-state index in [0.717, 1.165) is 63.9 Å². The lowest BCUT2D eigenvalue weighted by atomic mass is 10.1. The number of thiazole rings is 1. The van der Waals surface area contributed by atoms with Crippen molar-refractivity contribution in [2.45, 2.75) is 57.5 Å². The molecule has 1 fully saturated rings. The Labute approximate surface area is 268 Å². The molecule has 1 amide bonds. The number of amides is 1. The van der Waals surface area contributed by atoms with E-state index in [9.17, 15) is 36.0 Å². The molecular formula is C30H33F3N4O7S2. The molecule has 2 aromatic carbocycles. The Bertz CT molecular complexity index is 1660. The Morgan fingerprint density at radius 3 is 2.28 bits per heavy atom. The van der Waals surface area contributed by atoms with Gasteiger partial charge in [-0.15, -0.1) is 13.2 Å². The third kappa shape index (κ3) is 8.41. The van der Waals surface area contributed by atoms with Crippen molar-refractivity contribution in [3.8, 4) is 5.75 Å². The largest absolute Gasteiger partial charge is 0.573 e. The molecule has 1 aliphatic heterocycles. The number of rotatable bonds is 12. The van der Waals surface area contributed by atoms with Crippen molar-refractivity contribution in [1.82, 2.24) is 14.6 Å². The highest BCUT2D eigenvalue weighted by molar-refractivity contribution is 7.89. The van der Waals surface area contributed by atoms with Gasteiger partial charge in [-0.1, -0.05) is 48.9 Å². The number of benzene rings is 2. The maximum absolute atomic E-state index is 13.8. The van der Waals surface area contributed by atoms with Gasteiger partial charge in [-0.3, -0.25) is 9.59 Å². The number of ether oxygens (including phenoxy) is 2. The molecule has 1 aromatic heterocycles. The van der Waals surface area contributed by atoms with Crippen LogP contribution in [0.1, 0.15) is 46.8 Å². The molecule has 0 saturated carbocycles. The third-order valence-corrected chi connectivity index (χ3v) is 10.2. The quantitative estimate of drug-likeness (QED) is 0.169. The van der Waals surface area contributed by atoms with Crippen LogP contribution >= 0.6 is 11.3 Å². The van der Waals surface area contributed by atoms with Crippen LogP contribution in [0.3, 0.4) is 0 Å². The number of halogens is 3. The van der Waals surface area contributed by atoms with Gasteiger partial charge >= 0.3 is 12.3 Å². The number of aromatic nitrogens is 1. The summed E-state index contributed by atoms with van der Waals surface area (Å²) < 4.78 is 75.1. The van der Waals surface area contributed by atoms with E-state index in [4.69, 9.17) is 4.74 Å². The molecule has 0 aliphatic carbocycles. The molecule has 0 radical (unpaired) electrons. The van der Waals surface area contributed by atoms with Crippen LogP contribution in [0, 0.1) is 6.92 Å². The molecule has 4 rings (SSSR count). The van der Waals surface area contributed by atoms with Gasteiger partial charge in [0.2, 0.25) is 15.9 Å². The SMILES string of the molecule is CCCc1ccc(CNC(=O)[C@H]2CN(c3nc(C)c(C(=O)C(=O)OCC)s3)CCN2S(=O)(=O)c2ccc(OC(F)(F)F)cc2)cc1. The fraction of sp³-hybridized carbons (Fsp3) is 0.400. The van der Waals surface area contributed by atoms with Gasteiger partial charge in [-0.05, 0) is 55.7 Å². The molecule has 2 heterocycles. The van der Waals surface area contributed by atoms with E-state index in [1.165, 1.54) is 0 Å². The van der Waals surface area contributed by atoms with E-state index in [0.29, 0.717) is 5.13 Å². The van der Waals surface area contributed by atoms with Gasteiger partial charge in [0.15, 0.2) is 5.13 Å². The topological polar surface area (TPSA) is 135 Å². The number of nitrogens with one attached hydrogen (secondary N) is 1. The van der Waals surface area contributed by atoms with Crippen LogP contribution in [-0.4, -0.2) is 74.0 Å². The zero-order valence-electron chi connectivity index (χ0n) is 25.3. The second kappa shape index (κ2) is 14.6. The van der Waals surface area contributed by atoms with Crippen molar-refractivity contribution in [3.05, 3.63) is 70.2 Å². The predicted molar refractivity (Wildman–Crippen MR) is 163 cm³/mol. The minimum absolute atomic E-state index is 0.0173. The average Bonchev–Trinajstić information content (AvgIpc) is 3.41. The van der Waals surface area contributed by atoms with E-state index in [2.05, 4.69) is 22.0 Å². The van der Waals surface area contributed by atoms with Gasteiger partial charge in [0, 0.05) is 26.2 Å². The first kappa shape index (κ1) is 34.8. The first-order valence-corrected chi connectivity index (χ1v) is 16.7. The van der Waals surface area contributed by atoms with Crippen molar-refractivity contribution in [3.63, 3.8) is 0 Å². The van der Waals surface area contributed by atoms with Gasteiger partial charge in [-0.2, -0.15) is 4.31 Å². The molecule has 1 aliphatic rings. The normalized spacial score (nSPS) is 15.8. The van der Waals surface area contributed by atoms with Crippen LogP contribution in [0.4, 0.5) is 18.3 Å². The minimum Gasteiger partial charge on any atom is -0.460 e. The Morgan fingerprint density at radius 2 is 1.67 bits per heavy atom. The van der Waals surface area contributed by atoms with Gasteiger partial charge < -0.3 is 19.7 Å². The molecule has 16 heteroatoms. The second-order valence-corrected chi connectivity index (χ2v) is 13.2. The van der Waals surface area contributed by atoms with E-state index in [1.54, 1.807) is 18.7 Å². The number of carbonyl (C=O) groups excluding carboxylic acids is 3. The number of hydrogen-bond donors (Lipinski definition) is 1. The lowest BCUT2D eigenvalue weighted by Gasteiger charge is -2.39. The van der Waals surface area contributed by atoms with E-state index in [1.807, 2.05) is 24.3 Å². The van der Waals surface area contributed by atoms with Crippen LogP contribution in [-0.2, 0) is 37.3 Å². The van der Waals surface area contributed by atoms with Crippen LogP contribution < -0.4 is 15.0 Å². The van der Waals surface area contributed by atoms with Gasteiger partial charge in [0.05, 0.1) is 17.2 Å². The highest BCUT2D eigenvalue weighted by Gasteiger charge is 2.41. The maximum atomic E-state index is 13.8. The molecule has 0 spiro atoms.